The predicted octanol–water partition coefficient (Wildman–Crippen LogP) is 2.57. The third kappa shape index (κ3) is 1.68. The van der Waals surface area contributed by atoms with E-state index in [9.17, 15) is 9.59 Å². The molecule has 1 saturated heterocycles. The van der Waals surface area contributed by atoms with Crippen LogP contribution in [0, 0.1) is 35.5 Å². The Hall–Kier alpha value is -2.69. The summed E-state index contributed by atoms with van der Waals surface area (Å²) in [5, 5.41) is 6.56. The summed E-state index contributed by atoms with van der Waals surface area (Å²) in [6, 6.07) is 8.05. The number of aryl methyl sites for hydroxylation is 1. The number of benzene rings is 1. The van der Waals surface area contributed by atoms with Gasteiger partial charge in [0, 0.05) is 29.7 Å². The Morgan fingerprint density at radius 2 is 1.69 bits per heavy atom. The van der Waals surface area contributed by atoms with Crippen LogP contribution in [0.2, 0.25) is 0 Å². The molecule has 0 unspecified atom stereocenters. The highest BCUT2D eigenvalue weighted by molar-refractivity contribution is 6.07. The summed E-state index contributed by atoms with van der Waals surface area (Å²) in [5.41, 5.74) is 2.02. The van der Waals surface area contributed by atoms with Crippen molar-refractivity contribution in [2.75, 3.05) is 0 Å². The zero-order chi connectivity index (χ0) is 17.6. The average Bonchev–Trinajstić information content (AvgIpc) is 3.37. The summed E-state index contributed by atoms with van der Waals surface area (Å²) in [5.74, 6) is 1.11. The van der Waals surface area contributed by atoms with Crippen molar-refractivity contribution >= 4 is 28.9 Å². The first-order valence-corrected chi connectivity index (χ1v) is 9.29. The molecule has 3 fully saturated rings. The molecule has 130 valence electrons. The molecule has 6 atom stereocenters. The number of nitrogens with zero attached hydrogens (tertiary/aromatic N) is 3. The predicted molar refractivity (Wildman–Crippen MR) is 97.1 cm³/mol. The van der Waals surface area contributed by atoms with Gasteiger partial charge < -0.3 is 4.57 Å². The lowest BCUT2D eigenvalue weighted by Gasteiger charge is -2.37. The number of hydrogen-bond acceptors (Lipinski definition) is 3. The zero-order valence-electron chi connectivity index (χ0n) is 14.4. The summed E-state index contributed by atoms with van der Waals surface area (Å²) < 4.78 is 2.03. The molecule has 2 bridgehead atoms. The Bertz CT molecular complexity index is 997. The van der Waals surface area contributed by atoms with Gasteiger partial charge in [0.15, 0.2) is 0 Å². The van der Waals surface area contributed by atoms with Crippen molar-refractivity contribution in [3.8, 4) is 0 Å². The van der Waals surface area contributed by atoms with Crippen LogP contribution in [-0.4, -0.2) is 27.6 Å². The first kappa shape index (κ1) is 14.5. The molecule has 7 rings (SSSR count). The molecule has 1 aromatic heterocycles. The van der Waals surface area contributed by atoms with Crippen LogP contribution in [0.1, 0.15) is 12.0 Å². The van der Waals surface area contributed by atoms with Crippen molar-refractivity contribution in [3.63, 3.8) is 0 Å². The molecule has 2 aromatic rings. The van der Waals surface area contributed by atoms with Crippen molar-refractivity contribution in [2.45, 2.75) is 6.42 Å². The Morgan fingerprint density at radius 3 is 2.38 bits per heavy atom. The SMILES string of the molecule is Cn1cc(C=NN2C(=O)[C@@H]3[C@H]4C=C[C@@H]([C@@H]5C[C@H]45)[C@H]3C2=O)c2ccccc21. The first-order valence-electron chi connectivity index (χ1n) is 9.29. The topological polar surface area (TPSA) is 54.7 Å². The molecule has 0 N–H and O–H groups in total. The van der Waals surface area contributed by atoms with Crippen LogP contribution in [-0.2, 0) is 16.6 Å². The maximum Gasteiger partial charge on any atom is 0.254 e. The van der Waals surface area contributed by atoms with E-state index in [1.807, 2.05) is 42.1 Å². The van der Waals surface area contributed by atoms with Gasteiger partial charge in [-0.25, -0.2) is 0 Å². The lowest BCUT2D eigenvalue weighted by atomic mass is 9.63. The minimum Gasteiger partial charge on any atom is -0.350 e. The lowest BCUT2D eigenvalue weighted by Crippen LogP contribution is -2.40. The number of amides is 2. The van der Waals surface area contributed by atoms with Gasteiger partial charge in [0.05, 0.1) is 18.1 Å². The standard InChI is InChI=1S/C21H19N3O2/c1-23-10-11(12-4-2-3-5-17(12)23)9-22-24-20(25)18-13-6-7-14(16-8-15(13)16)19(18)21(24)26/h2-7,9-10,13-16,18-19H,8H2,1H3/t13-,14-,15-,16+,18+,19+/m0/s1. The number of hydrogen-bond donors (Lipinski definition) is 0. The van der Waals surface area contributed by atoms with Crippen LogP contribution < -0.4 is 0 Å². The van der Waals surface area contributed by atoms with Crippen LogP contribution in [0.15, 0.2) is 47.7 Å². The molecule has 5 aliphatic rings. The van der Waals surface area contributed by atoms with E-state index in [0.717, 1.165) is 21.5 Å². The quantitative estimate of drug-likeness (QED) is 0.477. The number of allylic oxidation sites excluding steroid dienone is 2. The molecule has 0 spiro atoms. The van der Waals surface area contributed by atoms with E-state index in [-0.39, 0.29) is 35.5 Å². The Labute approximate surface area is 151 Å². The monoisotopic (exact) mass is 345 g/mol. The van der Waals surface area contributed by atoms with Crippen molar-refractivity contribution in [1.29, 1.82) is 0 Å². The number of fused-ring (bicyclic) bond motifs is 1. The number of para-hydroxylation sites is 1. The number of carbonyl (C=O) groups excluding carboxylic acids is 2. The Balaban J connectivity index is 1.36. The van der Waals surface area contributed by atoms with Crippen LogP contribution >= 0.6 is 0 Å². The maximum atomic E-state index is 12.9. The number of rotatable bonds is 2. The van der Waals surface area contributed by atoms with E-state index in [2.05, 4.69) is 17.3 Å². The summed E-state index contributed by atoms with van der Waals surface area (Å²) in [6.45, 7) is 0. The van der Waals surface area contributed by atoms with Crippen molar-refractivity contribution < 1.29 is 9.59 Å². The number of aromatic nitrogens is 1. The third-order valence-electron chi connectivity index (χ3n) is 6.88. The molecule has 1 aliphatic heterocycles. The third-order valence-corrected chi connectivity index (χ3v) is 6.88. The fourth-order valence-corrected chi connectivity index (χ4v) is 5.65. The molecule has 2 saturated carbocycles. The summed E-state index contributed by atoms with van der Waals surface area (Å²) in [7, 11) is 1.98. The van der Waals surface area contributed by atoms with Crippen LogP contribution in [0.5, 0.6) is 0 Å². The highest BCUT2D eigenvalue weighted by Gasteiger charge is 2.67. The van der Waals surface area contributed by atoms with E-state index in [0.29, 0.717) is 11.8 Å². The van der Waals surface area contributed by atoms with Crippen LogP contribution in [0.3, 0.4) is 0 Å². The summed E-state index contributed by atoms with van der Waals surface area (Å²) in [4.78, 5) is 25.9. The minimum atomic E-state index is -0.189. The van der Waals surface area contributed by atoms with Gasteiger partial charge in [0.2, 0.25) is 0 Å². The Kier molecular flexibility index (Phi) is 2.63. The molecule has 0 radical (unpaired) electrons. The van der Waals surface area contributed by atoms with E-state index in [1.165, 1.54) is 6.42 Å². The number of hydrazone groups is 1. The summed E-state index contributed by atoms with van der Waals surface area (Å²) >= 11 is 0. The van der Waals surface area contributed by atoms with Gasteiger partial charge in [0.25, 0.3) is 11.8 Å². The lowest BCUT2D eigenvalue weighted by molar-refractivity contribution is -0.140. The normalized spacial score (nSPS) is 37.0. The van der Waals surface area contributed by atoms with E-state index < -0.39 is 0 Å². The molecule has 4 aliphatic carbocycles. The second-order valence-corrected chi connectivity index (χ2v) is 8.10. The van der Waals surface area contributed by atoms with Gasteiger partial charge in [-0.2, -0.15) is 10.1 Å². The second-order valence-electron chi connectivity index (χ2n) is 8.10. The molecular weight excluding hydrogens is 326 g/mol. The average molecular weight is 345 g/mol. The number of carbonyl (C=O) groups is 2. The van der Waals surface area contributed by atoms with Gasteiger partial charge in [-0.05, 0) is 36.2 Å². The Morgan fingerprint density at radius 1 is 1.04 bits per heavy atom. The van der Waals surface area contributed by atoms with E-state index in [4.69, 9.17) is 0 Å². The van der Waals surface area contributed by atoms with Crippen LogP contribution in [0.4, 0.5) is 0 Å². The molecule has 5 nitrogen and oxygen atoms in total. The maximum absolute atomic E-state index is 12.9. The molecule has 1 aromatic carbocycles. The summed E-state index contributed by atoms with van der Waals surface area (Å²) in [6.07, 6.45) is 9.18. The molecule has 26 heavy (non-hydrogen) atoms. The molecule has 2 heterocycles. The van der Waals surface area contributed by atoms with Gasteiger partial charge in [-0.15, -0.1) is 0 Å². The largest absolute Gasteiger partial charge is 0.350 e. The van der Waals surface area contributed by atoms with Crippen molar-refractivity contribution in [2.24, 2.45) is 47.7 Å². The molecular formula is C21H19N3O2. The minimum absolute atomic E-state index is 0.110. The number of imide groups is 1. The molecule has 5 heteroatoms. The highest BCUT2D eigenvalue weighted by Crippen LogP contribution is 2.65. The first-order chi connectivity index (χ1) is 12.6. The van der Waals surface area contributed by atoms with E-state index in [1.54, 1.807) is 6.21 Å². The van der Waals surface area contributed by atoms with Crippen LogP contribution in [0.25, 0.3) is 10.9 Å². The van der Waals surface area contributed by atoms with Gasteiger partial charge >= 0.3 is 0 Å². The highest BCUT2D eigenvalue weighted by atomic mass is 16.2. The smallest absolute Gasteiger partial charge is 0.254 e. The fraction of sp³-hybridized carbons (Fsp3) is 0.381. The second kappa shape index (κ2) is 4.72. The molecule has 2 amide bonds. The van der Waals surface area contributed by atoms with Gasteiger partial charge in [0.1, 0.15) is 0 Å². The zero-order valence-corrected chi connectivity index (χ0v) is 14.4. The van der Waals surface area contributed by atoms with Gasteiger partial charge in [-0.3, -0.25) is 9.59 Å². The van der Waals surface area contributed by atoms with Crippen molar-refractivity contribution in [1.82, 2.24) is 9.58 Å². The fourth-order valence-electron chi connectivity index (χ4n) is 5.65. The van der Waals surface area contributed by atoms with E-state index >= 15 is 0 Å². The van der Waals surface area contributed by atoms with Crippen molar-refractivity contribution in [3.05, 3.63) is 48.2 Å². The van der Waals surface area contributed by atoms with Gasteiger partial charge in [-0.1, -0.05) is 30.4 Å².